The van der Waals surface area contributed by atoms with Crippen LogP contribution in [0.5, 0.6) is 0 Å². The highest BCUT2D eigenvalue weighted by molar-refractivity contribution is 7.18. The van der Waals surface area contributed by atoms with Gasteiger partial charge in [-0.3, -0.25) is 14.2 Å². The molecule has 10 heteroatoms. The van der Waals surface area contributed by atoms with E-state index >= 15 is 0 Å². The number of aryl methyl sites for hydroxylation is 1. The fraction of sp³-hybridized carbons (Fsp3) is 0.481. The highest BCUT2D eigenvalue weighted by atomic mass is 31.0. The van der Waals surface area contributed by atoms with E-state index in [1.165, 1.54) is 11.0 Å². The van der Waals surface area contributed by atoms with Crippen LogP contribution in [0.4, 0.5) is 23.2 Å². The van der Waals surface area contributed by atoms with Crippen LogP contribution in [0.1, 0.15) is 70.5 Å². The molecule has 5 nitrogen and oxygen atoms in total. The molecule has 0 aliphatic heterocycles. The second-order valence-electron chi connectivity index (χ2n) is 9.17. The highest BCUT2D eigenvalue weighted by Crippen LogP contribution is 2.41. The van der Waals surface area contributed by atoms with Crippen molar-refractivity contribution in [1.82, 2.24) is 15.0 Å². The van der Waals surface area contributed by atoms with Crippen molar-refractivity contribution in [2.45, 2.75) is 78.1 Å². The van der Waals surface area contributed by atoms with Crippen molar-refractivity contribution in [1.29, 1.82) is 5.26 Å². The molecule has 0 bridgehead atoms. The Bertz CT molecular complexity index is 1210. The lowest BCUT2D eigenvalue weighted by Gasteiger charge is -2.34. The lowest BCUT2D eigenvalue weighted by Crippen LogP contribution is -2.56. The minimum Gasteiger partial charge on any atom is -0.335 e. The Balaban J connectivity index is 0.00000115. The van der Waals surface area contributed by atoms with Gasteiger partial charge in [0.25, 0.3) is 0 Å². The largest absolute Gasteiger partial charge is 0.407 e. The van der Waals surface area contributed by atoms with Gasteiger partial charge in [-0.15, -0.1) is 0 Å². The normalized spacial score (nSPS) is 13.9. The summed E-state index contributed by atoms with van der Waals surface area (Å²) in [6.07, 6.45) is 1.48. The lowest BCUT2D eigenvalue weighted by atomic mass is 10.1. The quantitative estimate of drug-likeness (QED) is 0.203. The minimum atomic E-state index is -4.42. The number of hydrogen-bond donors (Lipinski definition) is 1. The molecule has 2 heterocycles. The first-order valence-electron chi connectivity index (χ1n) is 12.3. The fourth-order valence-electron chi connectivity index (χ4n) is 4.42. The van der Waals surface area contributed by atoms with Crippen LogP contribution in [0, 0.1) is 18.3 Å². The number of benzene rings is 1. The maximum atomic E-state index is 13.3. The van der Waals surface area contributed by atoms with E-state index in [-0.39, 0.29) is 0 Å². The van der Waals surface area contributed by atoms with Crippen molar-refractivity contribution < 1.29 is 17.6 Å². The molecule has 1 atom stereocenters. The molecule has 2 aromatic heterocycles. The topological polar surface area (TPSA) is 56.9 Å². The van der Waals surface area contributed by atoms with Crippen LogP contribution in [0.3, 0.4) is 0 Å². The van der Waals surface area contributed by atoms with E-state index in [2.05, 4.69) is 36.5 Å². The summed E-state index contributed by atoms with van der Waals surface area (Å²) in [5.41, 5.74) is 4.92. The predicted molar refractivity (Wildman–Crippen MR) is 146 cm³/mol. The van der Waals surface area contributed by atoms with Crippen molar-refractivity contribution >= 4 is 26.0 Å². The van der Waals surface area contributed by atoms with Gasteiger partial charge in [-0.2, -0.15) is 18.4 Å². The van der Waals surface area contributed by atoms with E-state index < -0.39 is 11.7 Å². The van der Waals surface area contributed by atoms with Gasteiger partial charge in [-0.25, -0.2) is 5.43 Å². The number of halogens is 4. The zero-order valence-electron chi connectivity index (χ0n) is 22.2. The lowest BCUT2D eigenvalue weighted by molar-refractivity contribution is -0.185. The van der Waals surface area contributed by atoms with Crippen molar-refractivity contribution in [2.75, 3.05) is 12.0 Å². The first kappa shape index (κ1) is 30.5. The Hall–Kier alpha value is -2.69. The van der Waals surface area contributed by atoms with E-state index in [1.54, 1.807) is 12.1 Å². The Morgan fingerprint density at radius 3 is 2.24 bits per heavy atom. The summed E-state index contributed by atoms with van der Waals surface area (Å²) in [6, 6.07) is 12.2. The summed E-state index contributed by atoms with van der Waals surface area (Å²) in [5, 5.41) is 10.9. The molecule has 1 aliphatic rings. The average molecular weight is 538 g/mol. The molecular weight excluding hydrogens is 501 g/mol. The molecule has 4 rings (SSSR count). The Kier molecular flexibility index (Phi) is 10.5. The molecule has 202 valence electrons. The minimum absolute atomic E-state index is 0.292. The maximum Gasteiger partial charge on any atom is 0.407 e. The smallest absolute Gasteiger partial charge is 0.335 e. The van der Waals surface area contributed by atoms with Crippen LogP contribution in [0.2, 0.25) is 0 Å². The molecule has 0 saturated heterocycles. The van der Waals surface area contributed by atoms with Crippen molar-refractivity contribution in [3.63, 3.8) is 0 Å². The molecule has 1 fully saturated rings. The van der Waals surface area contributed by atoms with Crippen LogP contribution in [-0.4, -0.2) is 28.4 Å². The van der Waals surface area contributed by atoms with Crippen LogP contribution < -0.4 is 10.2 Å². The number of hydrazine groups is 1. The van der Waals surface area contributed by atoms with Crippen molar-refractivity contribution in [3.05, 3.63) is 47.7 Å². The molecule has 1 aromatic carbocycles. The number of fused-ring (bicyclic) bond motifs is 1. The molecule has 3 aromatic rings. The van der Waals surface area contributed by atoms with Crippen LogP contribution in [-0.2, 0) is 0 Å². The van der Waals surface area contributed by atoms with Gasteiger partial charge in [0, 0.05) is 11.4 Å². The van der Waals surface area contributed by atoms with Gasteiger partial charge in [-0.1, -0.05) is 38.8 Å². The Labute approximate surface area is 219 Å². The number of pyridine rings is 1. The molecule has 0 radical (unpaired) electrons. The fourth-order valence-corrected chi connectivity index (χ4v) is 4.90. The number of nitrogens with one attached hydrogen (secondary N) is 1. The SMILES string of the molecule is CC.CF.Cc1ccc2c(C#N)c(-c3ccc(N(P)NC(C)(C)C(F)(F)F)cn3)n(C3CCCC3)c2c1. The van der Waals surface area contributed by atoms with E-state index in [4.69, 9.17) is 0 Å². The number of aromatic nitrogens is 2. The molecule has 1 saturated carbocycles. The third-order valence-electron chi connectivity index (χ3n) is 6.34. The standard InChI is InChI=1S/C24H27F3N5P.C2H6.CH3F/c1-15-8-10-18-19(13-28)22(31(21(18)12-15)16-6-4-5-7-16)20-11-9-17(14-29-20)32(33)30-23(2,3)24(25,26)27;2*1-2/h8-12,14,16,30H,4-7,33H2,1-3H3;1-2H3;1H3. The van der Waals surface area contributed by atoms with Gasteiger partial charge in [0.2, 0.25) is 0 Å². The number of hydrogen-bond acceptors (Lipinski definition) is 4. The zero-order valence-corrected chi connectivity index (χ0v) is 23.4. The van der Waals surface area contributed by atoms with Gasteiger partial charge in [0.05, 0.1) is 41.5 Å². The first-order chi connectivity index (χ1) is 17.5. The number of alkyl halides is 4. The molecule has 1 unspecified atom stereocenters. The Morgan fingerprint density at radius 1 is 1.11 bits per heavy atom. The summed E-state index contributed by atoms with van der Waals surface area (Å²) in [6.45, 7) is 8.19. The van der Waals surface area contributed by atoms with E-state index in [0.29, 0.717) is 30.2 Å². The summed E-state index contributed by atoms with van der Waals surface area (Å²) < 4.78 is 52.7. The zero-order chi connectivity index (χ0) is 28.0. The summed E-state index contributed by atoms with van der Waals surface area (Å²) in [4.78, 5) is 4.57. The van der Waals surface area contributed by atoms with Crippen molar-refractivity contribution in [2.24, 2.45) is 0 Å². The van der Waals surface area contributed by atoms with Crippen LogP contribution >= 0.6 is 9.39 Å². The number of rotatable bonds is 5. The van der Waals surface area contributed by atoms with Crippen LogP contribution in [0.25, 0.3) is 22.3 Å². The van der Waals surface area contributed by atoms with Gasteiger partial charge >= 0.3 is 6.18 Å². The summed E-state index contributed by atoms with van der Waals surface area (Å²) >= 11 is 0. The number of nitrogens with zero attached hydrogens (tertiary/aromatic N) is 4. The molecule has 0 spiro atoms. The maximum absolute atomic E-state index is 13.3. The number of nitriles is 1. The molecule has 1 aliphatic carbocycles. The predicted octanol–water partition coefficient (Wildman–Crippen LogP) is 8.05. The van der Waals surface area contributed by atoms with E-state index in [1.807, 2.05) is 32.9 Å². The van der Waals surface area contributed by atoms with E-state index in [0.717, 1.165) is 61.7 Å². The molecular formula is C27H36F4N5P. The third kappa shape index (κ3) is 6.42. The van der Waals surface area contributed by atoms with E-state index in [9.17, 15) is 22.8 Å². The van der Waals surface area contributed by atoms with Gasteiger partial charge in [0.15, 0.2) is 0 Å². The molecule has 1 N–H and O–H groups in total. The Morgan fingerprint density at radius 2 is 1.73 bits per heavy atom. The van der Waals surface area contributed by atoms with Crippen molar-refractivity contribution in [3.8, 4) is 17.5 Å². The second-order valence-corrected chi connectivity index (χ2v) is 9.69. The summed E-state index contributed by atoms with van der Waals surface area (Å²) in [5.74, 6) is 0. The third-order valence-corrected chi connectivity index (χ3v) is 6.77. The highest BCUT2D eigenvalue weighted by Gasteiger charge is 2.48. The first-order valence-corrected chi connectivity index (χ1v) is 12.8. The molecule has 37 heavy (non-hydrogen) atoms. The number of anilines is 1. The van der Waals surface area contributed by atoms with Crippen LogP contribution in [0.15, 0.2) is 36.5 Å². The van der Waals surface area contributed by atoms with Gasteiger partial charge < -0.3 is 4.57 Å². The van der Waals surface area contributed by atoms with Gasteiger partial charge in [-0.05, 0) is 66.8 Å². The molecule has 0 amide bonds. The van der Waals surface area contributed by atoms with Gasteiger partial charge in [0.1, 0.15) is 11.6 Å². The monoisotopic (exact) mass is 537 g/mol. The average Bonchev–Trinajstić information content (AvgIpc) is 3.51. The summed E-state index contributed by atoms with van der Waals surface area (Å²) in [7, 11) is 2.75. The second kappa shape index (κ2) is 12.7.